The Bertz CT molecular complexity index is 705. The first kappa shape index (κ1) is 17.6. The van der Waals surface area contributed by atoms with E-state index >= 15 is 0 Å². The highest BCUT2D eigenvalue weighted by atomic mass is 127. The fraction of sp³-hybridized carbons (Fsp3) is 0.125. The molecule has 0 unspecified atom stereocenters. The summed E-state index contributed by atoms with van der Waals surface area (Å²) in [4.78, 5) is 11.7. The topological polar surface area (TPSA) is 59.9 Å². The Kier molecular flexibility index (Phi) is 6.66. The fourth-order valence-corrected chi connectivity index (χ4v) is 2.66. The van der Waals surface area contributed by atoms with Gasteiger partial charge in [0.15, 0.2) is 6.61 Å². The third kappa shape index (κ3) is 5.72. The lowest BCUT2D eigenvalue weighted by molar-refractivity contribution is -0.123. The van der Waals surface area contributed by atoms with Crippen molar-refractivity contribution in [2.75, 3.05) is 13.7 Å². The minimum Gasteiger partial charge on any atom is -0.497 e. The van der Waals surface area contributed by atoms with E-state index in [9.17, 15) is 4.79 Å². The second-order valence-corrected chi connectivity index (χ2v) is 6.03. The molecule has 0 saturated carbocycles. The van der Waals surface area contributed by atoms with Crippen LogP contribution in [-0.2, 0) is 4.79 Å². The van der Waals surface area contributed by atoms with Gasteiger partial charge >= 0.3 is 0 Å². The number of rotatable bonds is 6. The lowest BCUT2D eigenvalue weighted by Gasteiger charge is -2.07. The van der Waals surface area contributed by atoms with Gasteiger partial charge in [-0.15, -0.1) is 0 Å². The molecule has 5 nitrogen and oxygen atoms in total. The highest BCUT2D eigenvalue weighted by molar-refractivity contribution is 14.1. The molecule has 0 heterocycles. The molecule has 7 heteroatoms. The summed E-state index contributed by atoms with van der Waals surface area (Å²) in [6.45, 7) is -0.127. The summed E-state index contributed by atoms with van der Waals surface area (Å²) in [5, 5.41) is 4.50. The summed E-state index contributed by atoms with van der Waals surface area (Å²) in [5.41, 5.74) is 3.25. The van der Waals surface area contributed by atoms with Crippen LogP contribution in [0.5, 0.6) is 11.5 Å². The van der Waals surface area contributed by atoms with Crippen LogP contribution in [0, 0.1) is 3.57 Å². The predicted octanol–water partition coefficient (Wildman–Crippen LogP) is 3.48. The van der Waals surface area contributed by atoms with Crippen molar-refractivity contribution in [1.29, 1.82) is 0 Å². The van der Waals surface area contributed by atoms with Crippen LogP contribution in [0.25, 0.3) is 0 Å². The van der Waals surface area contributed by atoms with Crippen molar-refractivity contribution in [2.24, 2.45) is 5.10 Å². The van der Waals surface area contributed by atoms with Crippen molar-refractivity contribution in [3.8, 4) is 11.5 Å². The number of hydrogen-bond donors (Lipinski definition) is 1. The lowest BCUT2D eigenvalue weighted by atomic mass is 10.2. The molecule has 23 heavy (non-hydrogen) atoms. The van der Waals surface area contributed by atoms with E-state index in [1.807, 2.05) is 24.3 Å². The molecule has 2 aromatic carbocycles. The maximum absolute atomic E-state index is 11.7. The van der Waals surface area contributed by atoms with Crippen LogP contribution in [0.1, 0.15) is 5.56 Å². The number of amides is 1. The molecule has 0 radical (unpaired) electrons. The standard InChI is InChI=1S/C16H14ClIN2O3/c1-22-13-5-2-11(3-6-13)9-19-20-16(21)10-23-15-7-4-12(17)8-14(15)18/h2-9H,10H2,1H3,(H,20,21). The summed E-state index contributed by atoms with van der Waals surface area (Å²) in [6, 6.07) is 12.5. The number of halogens is 2. The van der Waals surface area contributed by atoms with E-state index in [2.05, 4.69) is 33.1 Å². The van der Waals surface area contributed by atoms with E-state index in [1.54, 1.807) is 31.5 Å². The molecule has 1 amide bonds. The van der Waals surface area contributed by atoms with Gasteiger partial charge in [0.05, 0.1) is 16.9 Å². The molecule has 2 rings (SSSR count). The van der Waals surface area contributed by atoms with Gasteiger partial charge in [0.2, 0.25) is 0 Å². The number of ether oxygens (including phenoxy) is 2. The zero-order valence-corrected chi connectivity index (χ0v) is 15.2. The summed E-state index contributed by atoms with van der Waals surface area (Å²) >= 11 is 7.95. The van der Waals surface area contributed by atoms with Crippen molar-refractivity contribution in [2.45, 2.75) is 0 Å². The Morgan fingerprint density at radius 3 is 2.70 bits per heavy atom. The van der Waals surface area contributed by atoms with Gasteiger partial charge in [0, 0.05) is 5.02 Å². The average Bonchev–Trinajstić information content (AvgIpc) is 2.54. The number of nitrogens with one attached hydrogen (secondary N) is 1. The van der Waals surface area contributed by atoms with Crippen molar-refractivity contribution >= 4 is 46.3 Å². The maximum atomic E-state index is 11.7. The van der Waals surface area contributed by atoms with Gasteiger partial charge in [0.25, 0.3) is 5.91 Å². The molecule has 0 bridgehead atoms. The van der Waals surface area contributed by atoms with Gasteiger partial charge in [-0.05, 0) is 70.6 Å². The molecular formula is C16H14ClIN2O3. The molecule has 120 valence electrons. The van der Waals surface area contributed by atoms with E-state index < -0.39 is 0 Å². The zero-order valence-electron chi connectivity index (χ0n) is 12.3. The highest BCUT2D eigenvalue weighted by Crippen LogP contribution is 2.24. The number of nitrogens with zero attached hydrogens (tertiary/aromatic N) is 1. The van der Waals surface area contributed by atoms with Gasteiger partial charge in [-0.1, -0.05) is 11.6 Å². The van der Waals surface area contributed by atoms with Crippen molar-refractivity contribution < 1.29 is 14.3 Å². The number of carbonyl (C=O) groups excluding carboxylic acids is 1. The van der Waals surface area contributed by atoms with Crippen LogP contribution >= 0.6 is 34.2 Å². The van der Waals surface area contributed by atoms with Gasteiger partial charge in [-0.25, -0.2) is 5.43 Å². The van der Waals surface area contributed by atoms with Gasteiger partial charge in [-0.3, -0.25) is 4.79 Å². The number of carbonyl (C=O) groups is 1. The SMILES string of the molecule is COc1ccc(C=NNC(=O)COc2ccc(Cl)cc2I)cc1. The first-order valence-corrected chi connectivity index (χ1v) is 8.08. The minimum atomic E-state index is -0.347. The molecule has 0 aliphatic heterocycles. The zero-order chi connectivity index (χ0) is 16.7. The smallest absolute Gasteiger partial charge is 0.277 e. The maximum Gasteiger partial charge on any atom is 0.277 e. The second-order valence-electron chi connectivity index (χ2n) is 4.43. The third-order valence-corrected chi connectivity index (χ3v) is 3.85. The molecule has 0 aliphatic rings. The number of hydrogen-bond acceptors (Lipinski definition) is 4. The van der Waals surface area contributed by atoms with E-state index in [4.69, 9.17) is 21.1 Å². The van der Waals surface area contributed by atoms with Crippen molar-refractivity contribution in [1.82, 2.24) is 5.43 Å². The summed E-state index contributed by atoms with van der Waals surface area (Å²) in [6.07, 6.45) is 1.55. The normalized spacial score (nSPS) is 10.6. The van der Waals surface area contributed by atoms with E-state index in [0.717, 1.165) is 14.9 Å². The lowest BCUT2D eigenvalue weighted by Crippen LogP contribution is -2.24. The molecule has 0 aromatic heterocycles. The first-order chi connectivity index (χ1) is 11.1. The van der Waals surface area contributed by atoms with Crippen LogP contribution in [-0.4, -0.2) is 25.8 Å². The summed E-state index contributed by atoms with van der Waals surface area (Å²) in [5.74, 6) is 1.02. The highest BCUT2D eigenvalue weighted by Gasteiger charge is 2.05. The molecular weight excluding hydrogens is 431 g/mol. The van der Waals surface area contributed by atoms with Crippen LogP contribution < -0.4 is 14.9 Å². The van der Waals surface area contributed by atoms with Crippen LogP contribution in [0.4, 0.5) is 0 Å². The second kappa shape index (κ2) is 8.73. The first-order valence-electron chi connectivity index (χ1n) is 6.62. The molecule has 0 fully saturated rings. The molecule has 1 N–H and O–H groups in total. The van der Waals surface area contributed by atoms with E-state index in [1.165, 1.54) is 0 Å². The Morgan fingerprint density at radius 2 is 2.04 bits per heavy atom. The van der Waals surface area contributed by atoms with E-state index in [0.29, 0.717) is 10.8 Å². The van der Waals surface area contributed by atoms with Gasteiger partial charge in [-0.2, -0.15) is 5.10 Å². The largest absolute Gasteiger partial charge is 0.497 e. The van der Waals surface area contributed by atoms with Crippen molar-refractivity contribution in [3.63, 3.8) is 0 Å². The van der Waals surface area contributed by atoms with Crippen LogP contribution in [0.3, 0.4) is 0 Å². The van der Waals surface area contributed by atoms with Gasteiger partial charge in [0.1, 0.15) is 11.5 Å². The molecule has 2 aromatic rings. The summed E-state index contributed by atoms with van der Waals surface area (Å²) in [7, 11) is 1.60. The average molecular weight is 445 g/mol. The Labute approximate surface area is 152 Å². The Balaban J connectivity index is 1.81. The monoisotopic (exact) mass is 444 g/mol. The van der Waals surface area contributed by atoms with E-state index in [-0.39, 0.29) is 12.5 Å². The number of methoxy groups -OCH3 is 1. The van der Waals surface area contributed by atoms with Crippen LogP contribution in [0.15, 0.2) is 47.6 Å². The number of benzene rings is 2. The summed E-state index contributed by atoms with van der Waals surface area (Å²) < 4.78 is 11.3. The molecule has 0 spiro atoms. The Morgan fingerprint density at radius 1 is 1.30 bits per heavy atom. The molecule has 0 atom stereocenters. The molecule has 0 saturated heterocycles. The third-order valence-electron chi connectivity index (χ3n) is 2.77. The van der Waals surface area contributed by atoms with Crippen LogP contribution in [0.2, 0.25) is 5.02 Å². The van der Waals surface area contributed by atoms with Gasteiger partial charge < -0.3 is 9.47 Å². The molecule has 0 aliphatic carbocycles. The number of hydrazone groups is 1. The minimum absolute atomic E-state index is 0.127. The van der Waals surface area contributed by atoms with Crippen molar-refractivity contribution in [3.05, 3.63) is 56.6 Å². The fourth-order valence-electron chi connectivity index (χ4n) is 1.64. The quantitative estimate of drug-likeness (QED) is 0.422. The predicted molar refractivity (Wildman–Crippen MR) is 98.4 cm³/mol. The Hall–Kier alpha value is -1.80.